The van der Waals surface area contributed by atoms with Crippen LogP contribution in [0.4, 0.5) is 0 Å². The van der Waals surface area contributed by atoms with Crippen LogP contribution in [0.2, 0.25) is 0 Å². The Balaban J connectivity index is 2.84. The van der Waals surface area contributed by atoms with Gasteiger partial charge < -0.3 is 26.4 Å². The predicted molar refractivity (Wildman–Crippen MR) is 126 cm³/mol. The molecule has 0 heterocycles. The summed E-state index contributed by atoms with van der Waals surface area (Å²) < 4.78 is 0. The van der Waals surface area contributed by atoms with Crippen molar-refractivity contribution in [2.24, 2.45) is 5.92 Å². The molecule has 0 aliphatic rings. The van der Waals surface area contributed by atoms with Crippen molar-refractivity contribution in [3.05, 3.63) is 35.9 Å². The second-order valence-electron chi connectivity index (χ2n) is 7.99. The lowest BCUT2D eigenvalue weighted by atomic mass is 10.0. The zero-order valence-corrected chi connectivity index (χ0v) is 19.9. The predicted octanol–water partition coefficient (Wildman–Crippen LogP) is -0.120. The van der Waals surface area contributed by atoms with Crippen LogP contribution < -0.4 is 21.3 Å². The Labute approximate surface area is 198 Å². The van der Waals surface area contributed by atoms with Crippen LogP contribution in [0.3, 0.4) is 0 Å². The highest BCUT2D eigenvalue weighted by molar-refractivity contribution is 7.80. The average Bonchev–Trinajstić information content (AvgIpc) is 2.74. The molecule has 0 spiro atoms. The maximum Gasteiger partial charge on any atom is 0.326 e. The van der Waals surface area contributed by atoms with Crippen LogP contribution in [0.1, 0.15) is 32.8 Å². The highest BCUT2D eigenvalue weighted by Gasteiger charge is 2.27. The Bertz CT molecular complexity index is 833. The minimum Gasteiger partial charge on any atom is -0.480 e. The Hall–Kier alpha value is -3.08. The first-order chi connectivity index (χ1) is 15.5. The van der Waals surface area contributed by atoms with Crippen LogP contribution >= 0.6 is 12.6 Å². The van der Waals surface area contributed by atoms with Gasteiger partial charge in [-0.25, -0.2) is 4.79 Å². The van der Waals surface area contributed by atoms with Crippen molar-refractivity contribution in [1.82, 2.24) is 21.3 Å². The summed E-state index contributed by atoms with van der Waals surface area (Å²) >= 11 is 4.07. The smallest absolute Gasteiger partial charge is 0.326 e. The van der Waals surface area contributed by atoms with Crippen LogP contribution in [-0.2, 0) is 30.4 Å². The molecule has 0 saturated heterocycles. The molecule has 0 saturated carbocycles. The third kappa shape index (κ3) is 10.9. The first-order valence-electron chi connectivity index (χ1n) is 10.6. The van der Waals surface area contributed by atoms with Gasteiger partial charge in [0.2, 0.25) is 23.6 Å². The van der Waals surface area contributed by atoms with Gasteiger partial charge in [-0.05, 0) is 17.9 Å². The number of carboxylic acids is 1. The first kappa shape index (κ1) is 28.0. The van der Waals surface area contributed by atoms with E-state index >= 15 is 0 Å². The number of carbonyl (C=O) groups is 5. The molecule has 0 unspecified atom stereocenters. The van der Waals surface area contributed by atoms with Gasteiger partial charge in [0.05, 0.1) is 6.54 Å². The highest BCUT2D eigenvalue weighted by Crippen LogP contribution is 2.06. The number of carbonyl (C=O) groups excluding carboxylic acids is 4. The molecule has 0 bridgehead atoms. The van der Waals surface area contributed by atoms with E-state index in [0.717, 1.165) is 5.56 Å². The van der Waals surface area contributed by atoms with E-state index < -0.39 is 54.3 Å². The van der Waals surface area contributed by atoms with Crippen LogP contribution in [0.5, 0.6) is 0 Å². The topological polar surface area (TPSA) is 154 Å². The number of carboxylic acid groups (broad SMARTS) is 1. The number of benzene rings is 1. The molecule has 5 N–H and O–H groups in total. The maximum absolute atomic E-state index is 12.8. The van der Waals surface area contributed by atoms with Crippen molar-refractivity contribution < 1.29 is 29.1 Å². The summed E-state index contributed by atoms with van der Waals surface area (Å²) in [5, 5.41) is 19.1. The van der Waals surface area contributed by atoms with Gasteiger partial charge in [0.15, 0.2) is 0 Å². The Morgan fingerprint density at radius 2 is 1.55 bits per heavy atom. The van der Waals surface area contributed by atoms with Crippen LogP contribution in [-0.4, -0.2) is 65.1 Å². The lowest BCUT2D eigenvalue weighted by Gasteiger charge is -2.22. The summed E-state index contributed by atoms with van der Waals surface area (Å²) in [5.74, 6) is -3.38. The number of hydrogen-bond donors (Lipinski definition) is 6. The van der Waals surface area contributed by atoms with E-state index in [0.29, 0.717) is 0 Å². The summed E-state index contributed by atoms with van der Waals surface area (Å²) in [5.41, 5.74) is 0.771. The van der Waals surface area contributed by atoms with Crippen LogP contribution in [0.25, 0.3) is 0 Å². The zero-order valence-electron chi connectivity index (χ0n) is 19.0. The van der Waals surface area contributed by atoms with Crippen molar-refractivity contribution in [2.45, 2.75) is 51.7 Å². The largest absolute Gasteiger partial charge is 0.480 e. The van der Waals surface area contributed by atoms with Gasteiger partial charge in [-0.3, -0.25) is 19.2 Å². The fourth-order valence-corrected chi connectivity index (χ4v) is 3.26. The van der Waals surface area contributed by atoms with Gasteiger partial charge in [-0.15, -0.1) is 0 Å². The molecule has 182 valence electrons. The van der Waals surface area contributed by atoms with Gasteiger partial charge >= 0.3 is 5.97 Å². The van der Waals surface area contributed by atoms with E-state index in [1.807, 2.05) is 19.9 Å². The molecule has 0 aliphatic heterocycles. The number of hydrogen-bond acceptors (Lipinski definition) is 6. The Morgan fingerprint density at radius 1 is 0.909 bits per heavy atom. The molecule has 0 radical (unpaired) electrons. The summed E-state index contributed by atoms with van der Waals surface area (Å²) in [6.45, 7) is 4.48. The normalized spacial score (nSPS) is 13.4. The van der Waals surface area contributed by atoms with E-state index in [1.165, 1.54) is 6.92 Å². The zero-order chi connectivity index (χ0) is 25.0. The number of thiol groups is 1. The second-order valence-corrected chi connectivity index (χ2v) is 8.36. The second kappa shape index (κ2) is 14.1. The van der Waals surface area contributed by atoms with Gasteiger partial charge in [-0.1, -0.05) is 44.2 Å². The summed E-state index contributed by atoms with van der Waals surface area (Å²) in [7, 11) is 0. The van der Waals surface area contributed by atoms with E-state index in [9.17, 15) is 29.1 Å². The number of nitrogens with one attached hydrogen (secondary N) is 4. The minimum atomic E-state index is -1.16. The van der Waals surface area contributed by atoms with Crippen molar-refractivity contribution in [1.29, 1.82) is 0 Å². The van der Waals surface area contributed by atoms with Crippen molar-refractivity contribution in [2.75, 3.05) is 12.3 Å². The Kier molecular flexibility index (Phi) is 12.0. The first-order valence-corrected chi connectivity index (χ1v) is 11.2. The maximum atomic E-state index is 12.8. The van der Waals surface area contributed by atoms with Gasteiger partial charge in [0.1, 0.15) is 18.1 Å². The molecule has 0 aliphatic carbocycles. The van der Waals surface area contributed by atoms with Gasteiger partial charge in [-0.2, -0.15) is 12.6 Å². The monoisotopic (exact) mass is 480 g/mol. The molecule has 0 aromatic heterocycles. The number of amides is 4. The third-order valence-corrected chi connectivity index (χ3v) is 4.92. The number of aliphatic carboxylic acids is 1. The lowest BCUT2D eigenvalue weighted by Crippen LogP contribution is -2.56. The molecule has 33 heavy (non-hydrogen) atoms. The molecule has 10 nitrogen and oxygen atoms in total. The summed E-state index contributed by atoms with van der Waals surface area (Å²) in [6.07, 6.45) is 0.389. The minimum absolute atomic E-state index is 0.0277. The van der Waals surface area contributed by atoms with Gasteiger partial charge in [0, 0.05) is 19.1 Å². The quantitative estimate of drug-likeness (QED) is 0.216. The van der Waals surface area contributed by atoms with Crippen LogP contribution in [0, 0.1) is 5.92 Å². The molecular weight excluding hydrogens is 448 g/mol. The van der Waals surface area contributed by atoms with Crippen LogP contribution in [0.15, 0.2) is 30.3 Å². The van der Waals surface area contributed by atoms with E-state index in [4.69, 9.17) is 0 Å². The molecule has 11 heteroatoms. The molecule has 1 aromatic carbocycles. The molecule has 4 amide bonds. The lowest BCUT2D eigenvalue weighted by molar-refractivity contribution is -0.142. The molecule has 1 rings (SSSR count). The SMILES string of the molecule is CC(=O)N[C@@H](CS)C(=O)N[C@@H](Cc1ccccc1)C(=O)NCC(=O)N[C@@H](CC(C)C)C(=O)O. The molecule has 0 fully saturated rings. The van der Waals surface area contributed by atoms with Crippen molar-refractivity contribution in [3.63, 3.8) is 0 Å². The van der Waals surface area contributed by atoms with Crippen molar-refractivity contribution in [3.8, 4) is 0 Å². The average molecular weight is 481 g/mol. The summed E-state index contributed by atoms with van der Waals surface area (Å²) in [6, 6.07) is 5.91. The number of rotatable bonds is 13. The fourth-order valence-electron chi connectivity index (χ4n) is 3.00. The Morgan fingerprint density at radius 3 is 2.06 bits per heavy atom. The van der Waals surface area contributed by atoms with Gasteiger partial charge in [0.25, 0.3) is 0 Å². The van der Waals surface area contributed by atoms with E-state index in [1.54, 1.807) is 24.3 Å². The third-order valence-electron chi connectivity index (χ3n) is 4.56. The summed E-state index contributed by atoms with van der Waals surface area (Å²) in [4.78, 5) is 60.2. The molecular formula is C22H32N4O6S. The highest BCUT2D eigenvalue weighted by atomic mass is 32.1. The van der Waals surface area contributed by atoms with E-state index in [2.05, 4.69) is 33.9 Å². The fraction of sp³-hybridized carbons (Fsp3) is 0.500. The molecule has 3 atom stereocenters. The van der Waals surface area contributed by atoms with Crippen molar-refractivity contribution >= 4 is 42.2 Å². The molecule has 1 aromatic rings. The van der Waals surface area contributed by atoms with E-state index in [-0.39, 0.29) is 24.5 Å². The standard InChI is InChI=1S/C22H32N4O6S/c1-13(2)9-17(22(31)32)25-19(28)11-23-20(29)16(10-15-7-5-4-6-8-15)26-21(30)18(12-33)24-14(3)27/h4-8,13,16-18,33H,9-12H2,1-3H3,(H,23,29)(H,24,27)(H,25,28)(H,26,30)(H,31,32)/t16-,17-,18-/m0/s1.